The van der Waals surface area contributed by atoms with Crippen molar-refractivity contribution in [1.29, 1.82) is 0 Å². The van der Waals surface area contributed by atoms with Crippen molar-refractivity contribution in [3.63, 3.8) is 0 Å². The van der Waals surface area contributed by atoms with Crippen molar-refractivity contribution in [2.24, 2.45) is 0 Å². The van der Waals surface area contributed by atoms with Gasteiger partial charge in [-0.15, -0.1) is 10.2 Å². The van der Waals surface area contributed by atoms with Gasteiger partial charge < -0.3 is 4.90 Å². The smallest absolute Gasteiger partial charge is 0.314 e. The van der Waals surface area contributed by atoms with E-state index in [0.717, 1.165) is 0 Å². The number of nitrogens with zero attached hydrogens (tertiary/aromatic N) is 4. The molecular weight excluding hydrogens is 362 g/mol. The third-order valence-corrected chi connectivity index (χ3v) is 5.34. The number of aromatic nitrogens is 3. The summed E-state index contributed by atoms with van der Waals surface area (Å²) >= 11 is 0.267. The topological polar surface area (TPSA) is 71.0 Å². The average molecular weight is 373 g/mol. The van der Waals surface area contributed by atoms with E-state index in [0.29, 0.717) is 30.4 Å². The second-order valence-corrected chi connectivity index (χ2v) is 6.85. The van der Waals surface area contributed by atoms with Crippen molar-refractivity contribution >= 4 is 22.5 Å². The summed E-state index contributed by atoms with van der Waals surface area (Å²) in [6, 6.07) is 0.588. The summed E-state index contributed by atoms with van der Waals surface area (Å²) in [5.74, 6) is -0.534. The largest absolute Gasteiger partial charge is 0.445 e. The molecule has 0 spiro atoms. The summed E-state index contributed by atoms with van der Waals surface area (Å²) in [5.41, 5.74) is 1.21. The van der Waals surface area contributed by atoms with Gasteiger partial charge in [0.15, 0.2) is 0 Å². The van der Waals surface area contributed by atoms with E-state index in [-0.39, 0.29) is 28.6 Å². The Bertz CT molecular complexity index is 839. The van der Waals surface area contributed by atoms with E-state index >= 15 is 0 Å². The van der Waals surface area contributed by atoms with Gasteiger partial charge in [-0.05, 0) is 30.9 Å². The Hall–Kier alpha value is -2.30. The fraction of sp³-hybridized carbons (Fsp3) is 0.429. The van der Waals surface area contributed by atoms with Crippen LogP contribution in [0.4, 0.5) is 27.5 Å². The van der Waals surface area contributed by atoms with Gasteiger partial charge in [0.1, 0.15) is 0 Å². The summed E-state index contributed by atoms with van der Waals surface area (Å²) in [6.07, 6.45) is -1.56. The normalized spacial score (nSPS) is 22.0. The van der Waals surface area contributed by atoms with Gasteiger partial charge in [0.2, 0.25) is 16.1 Å². The molecule has 2 aromatic rings. The molecule has 2 aliphatic heterocycles. The fourth-order valence-corrected chi connectivity index (χ4v) is 4.07. The molecule has 2 aliphatic rings. The van der Waals surface area contributed by atoms with Gasteiger partial charge >= 0.3 is 12.2 Å². The van der Waals surface area contributed by atoms with Crippen LogP contribution in [0.3, 0.4) is 0 Å². The highest BCUT2D eigenvalue weighted by Gasteiger charge is 2.44. The quantitative estimate of drug-likeness (QED) is 0.615. The minimum Gasteiger partial charge on any atom is -0.314 e. The van der Waals surface area contributed by atoms with Crippen LogP contribution in [0.1, 0.15) is 35.0 Å². The number of carbonyl (C=O) groups excluding carboxylic acids is 1. The number of rotatable bonds is 1. The summed E-state index contributed by atoms with van der Waals surface area (Å²) in [5, 5.41) is 7.44. The minimum atomic E-state index is -4.60. The molecule has 1 N–H and O–H groups in total. The third-order valence-electron chi connectivity index (χ3n) is 4.46. The van der Waals surface area contributed by atoms with E-state index in [1.165, 1.54) is 6.20 Å². The second kappa shape index (κ2) is 5.61. The first-order chi connectivity index (χ1) is 11.8. The number of urea groups is 1. The molecule has 0 aliphatic carbocycles. The molecule has 2 aromatic heterocycles. The van der Waals surface area contributed by atoms with Gasteiger partial charge in [-0.3, -0.25) is 5.32 Å². The first-order valence-corrected chi connectivity index (χ1v) is 8.29. The van der Waals surface area contributed by atoms with Crippen LogP contribution in [-0.4, -0.2) is 32.2 Å². The Balaban J connectivity index is 1.56. The lowest BCUT2D eigenvalue weighted by Gasteiger charge is -2.35. The molecule has 2 amide bonds. The number of anilines is 1. The molecular formula is C14H11F4N5OS. The maximum Gasteiger partial charge on any atom is 0.445 e. The first kappa shape index (κ1) is 16.2. The molecule has 0 saturated carbocycles. The van der Waals surface area contributed by atoms with Crippen LogP contribution >= 0.6 is 11.3 Å². The van der Waals surface area contributed by atoms with Crippen LogP contribution in [0.2, 0.25) is 0 Å². The number of nitrogens with one attached hydrogen (secondary N) is 1. The Morgan fingerprint density at radius 3 is 2.84 bits per heavy atom. The Morgan fingerprint density at radius 1 is 1.32 bits per heavy atom. The summed E-state index contributed by atoms with van der Waals surface area (Å²) in [4.78, 5) is 17.7. The molecule has 6 nitrogen and oxygen atoms in total. The molecule has 2 atom stereocenters. The molecule has 11 heteroatoms. The number of hydrogen-bond donors (Lipinski definition) is 1. The zero-order valence-corrected chi connectivity index (χ0v) is 13.4. The van der Waals surface area contributed by atoms with Crippen molar-refractivity contribution in [2.45, 2.75) is 37.5 Å². The monoisotopic (exact) mass is 373 g/mol. The number of alkyl halides is 3. The SMILES string of the molecule is O=C(Nc1nnc(C(F)(F)F)s1)N1[C@@H]2CC[C@H]1c1ccnc(F)c1C2. The zero-order chi connectivity index (χ0) is 17.8. The van der Waals surface area contributed by atoms with Crippen molar-refractivity contribution in [3.8, 4) is 0 Å². The average Bonchev–Trinajstić information content (AvgIpc) is 3.12. The van der Waals surface area contributed by atoms with E-state index in [2.05, 4.69) is 20.5 Å². The van der Waals surface area contributed by atoms with Crippen LogP contribution in [-0.2, 0) is 12.6 Å². The number of fused-ring (bicyclic) bond motifs is 4. The highest BCUT2D eigenvalue weighted by atomic mass is 32.1. The minimum absolute atomic E-state index is 0.216. The van der Waals surface area contributed by atoms with E-state index in [9.17, 15) is 22.4 Å². The standard InChI is InChI=1S/C14H11F4N5OS/c15-10-8-5-6-1-2-9(7(8)3-4-19-10)23(6)13(24)20-12-22-21-11(25-12)14(16,17)18/h3-4,6,9H,1-2,5H2,(H,20,22,24)/t6-,9+/m1/s1. The van der Waals surface area contributed by atoms with Gasteiger partial charge in [-0.25, -0.2) is 9.78 Å². The molecule has 132 valence electrons. The summed E-state index contributed by atoms with van der Waals surface area (Å²) < 4.78 is 51.6. The van der Waals surface area contributed by atoms with Gasteiger partial charge in [-0.2, -0.15) is 17.6 Å². The molecule has 1 saturated heterocycles. The van der Waals surface area contributed by atoms with Gasteiger partial charge in [0, 0.05) is 17.8 Å². The fourth-order valence-electron chi connectivity index (χ4n) is 3.47. The van der Waals surface area contributed by atoms with Gasteiger partial charge in [-0.1, -0.05) is 11.3 Å². The molecule has 25 heavy (non-hydrogen) atoms. The highest BCUT2D eigenvalue weighted by Crippen LogP contribution is 2.44. The van der Waals surface area contributed by atoms with E-state index < -0.39 is 23.2 Å². The summed E-state index contributed by atoms with van der Waals surface area (Å²) in [6.45, 7) is 0. The molecule has 4 heterocycles. The lowest BCUT2D eigenvalue weighted by atomic mass is 9.95. The molecule has 1 fully saturated rings. The van der Waals surface area contributed by atoms with Crippen molar-refractivity contribution in [3.05, 3.63) is 34.3 Å². The van der Waals surface area contributed by atoms with Crippen LogP contribution in [0.15, 0.2) is 12.3 Å². The van der Waals surface area contributed by atoms with Crippen molar-refractivity contribution in [1.82, 2.24) is 20.1 Å². The van der Waals surface area contributed by atoms with Crippen LogP contribution in [0.25, 0.3) is 0 Å². The second-order valence-electron chi connectivity index (χ2n) is 5.87. The van der Waals surface area contributed by atoms with E-state index in [1.807, 2.05) is 0 Å². The predicted octanol–water partition coefficient (Wildman–Crippen LogP) is 3.38. The third kappa shape index (κ3) is 2.71. The molecule has 0 unspecified atom stereocenters. The van der Waals surface area contributed by atoms with Crippen LogP contribution in [0, 0.1) is 5.95 Å². The number of carbonyl (C=O) groups is 1. The molecule has 0 radical (unpaired) electrons. The lowest BCUT2D eigenvalue weighted by molar-refractivity contribution is -0.138. The Labute approximate surface area is 142 Å². The van der Waals surface area contributed by atoms with Crippen LogP contribution in [0.5, 0.6) is 0 Å². The van der Waals surface area contributed by atoms with Crippen LogP contribution < -0.4 is 5.32 Å². The predicted molar refractivity (Wildman–Crippen MR) is 79.4 cm³/mol. The number of halogens is 4. The first-order valence-electron chi connectivity index (χ1n) is 7.48. The Kier molecular flexibility index (Phi) is 3.63. The number of amides is 2. The van der Waals surface area contributed by atoms with Crippen molar-refractivity contribution in [2.75, 3.05) is 5.32 Å². The maximum atomic E-state index is 13.9. The molecule has 2 bridgehead atoms. The van der Waals surface area contributed by atoms with E-state index in [1.54, 1.807) is 11.0 Å². The van der Waals surface area contributed by atoms with Crippen molar-refractivity contribution < 1.29 is 22.4 Å². The highest BCUT2D eigenvalue weighted by molar-refractivity contribution is 7.15. The van der Waals surface area contributed by atoms with E-state index in [4.69, 9.17) is 0 Å². The molecule has 0 aromatic carbocycles. The Morgan fingerprint density at radius 2 is 2.12 bits per heavy atom. The maximum absolute atomic E-state index is 13.9. The molecule has 4 rings (SSSR count). The van der Waals surface area contributed by atoms with Gasteiger partial charge in [0.25, 0.3) is 0 Å². The number of hydrogen-bond acceptors (Lipinski definition) is 5. The van der Waals surface area contributed by atoms with Gasteiger partial charge in [0.05, 0.1) is 6.04 Å². The number of pyridine rings is 1. The zero-order valence-electron chi connectivity index (χ0n) is 12.5. The summed E-state index contributed by atoms with van der Waals surface area (Å²) in [7, 11) is 0. The lowest BCUT2D eigenvalue weighted by Crippen LogP contribution is -2.44.